The predicted molar refractivity (Wildman–Crippen MR) is 67.1 cm³/mol. The lowest BCUT2D eigenvalue weighted by Crippen LogP contribution is -2.17. The molecule has 14 heavy (non-hydrogen) atoms. The van der Waals surface area contributed by atoms with Gasteiger partial charge in [-0.3, -0.25) is 0 Å². The van der Waals surface area contributed by atoms with Crippen LogP contribution in [-0.4, -0.2) is 6.04 Å². The maximum absolute atomic E-state index is 6.07. The molecule has 78 valence electrons. The Balaban J connectivity index is 2.79. The lowest BCUT2D eigenvalue weighted by atomic mass is 10.1. The number of benzene rings is 1. The summed E-state index contributed by atoms with van der Waals surface area (Å²) in [6, 6.07) is 6.36. The second-order valence-corrected chi connectivity index (χ2v) is 4.60. The summed E-state index contributed by atoms with van der Waals surface area (Å²) in [4.78, 5) is 0. The van der Waals surface area contributed by atoms with E-state index in [1.807, 2.05) is 18.2 Å². The van der Waals surface area contributed by atoms with Crippen molar-refractivity contribution >= 4 is 33.2 Å². The molecule has 0 saturated carbocycles. The van der Waals surface area contributed by atoms with Gasteiger partial charge < -0.3 is 5.32 Å². The van der Waals surface area contributed by atoms with Crippen molar-refractivity contribution in [3.8, 4) is 0 Å². The highest BCUT2D eigenvalue weighted by Gasteiger charge is 2.06. The molecule has 3 heteroatoms. The van der Waals surface area contributed by atoms with Crippen LogP contribution in [0.1, 0.15) is 26.7 Å². The number of hydrogen-bond donors (Lipinski definition) is 1. The molecule has 0 heterocycles. The van der Waals surface area contributed by atoms with E-state index in [1.165, 1.54) is 0 Å². The lowest BCUT2D eigenvalue weighted by Gasteiger charge is -2.17. The number of nitrogens with one attached hydrogen (secondary N) is 1. The Morgan fingerprint density at radius 2 is 2.00 bits per heavy atom. The van der Waals surface area contributed by atoms with Crippen LogP contribution in [0.3, 0.4) is 0 Å². The van der Waals surface area contributed by atoms with Gasteiger partial charge in [-0.15, -0.1) is 0 Å². The van der Waals surface area contributed by atoms with Crippen LogP contribution in [0.25, 0.3) is 0 Å². The summed E-state index contributed by atoms with van der Waals surface area (Å²) in [7, 11) is 0. The Morgan fingerprint density at radius 1 is 1.36 bits per heavy atom. The zero-order valence-corrected chi connectivity index (χ0v) is 10.8. The molecule has 0 atom stereocenters. The SMILES string of the molecule is CCC(CC)Nc1cc(Br)ccc1Cl. The largest absolute Gasteiger partial charge is 0.381 e. The first-order chi connectivity index (χ1) is 6.67. The first-order valence-corrected chi connectivity index (χ1v) is 6.06. The van der Waals surface area contributed by atoms with Crippen molar-refractivity contribution < 1.29 is 0 Å². The molecular formula is C11H15BrClN. The second kappa shape index (κ2) is 5.62. The van der Waals surface area contributed by atoms with Crippen molar-refractivity contribution in [2.24, 2.45) is 0 Å². The normalized spacial score (nSPS) is 10.6. The highest BCUT2D eigenvalue weighted by atomic mass is 79.9. The number of hydrogen-bond acceptors (Lipinski definition) is 1. The molecule has 0 spiro atoms. The summed E-state index contributed by atoms with van der Waals surface area (Å²) in [5.41, 5.74) is 1.01. The molecule has 0 aromatic heterocycles. The van der Waals surface area contributed by atoms with Gasteiger partial charge in [0.15, 0.2) is 0 Å². The van der Waals surface area contributed by atoms with Crippen LogP contribution in [0, 0.1) is 0 Å². The van der Waals surface area contributed by atoms with Gasteiger partial charge in [-0.25, -0.2) is 0 Å². The number of anilines is 1. The monoisotopic (exact) mass is 275 g/mol. The van der Waals surface area contributed by atoms with Gasteiger partial charge in [0, 0.05) is 10.5 Å². The van der Waals surface area contributed by atoms with E-state index in [2.05, 4.69) is 35.1 Å². The molecule has 1 nitrogen and oxygen atoms in total. The number of rotatable bonds is 4. The van der Waals surface area contributed by atoms with Gasteiger partial charge in [-0.2, -0.15) is 0 Å². The highest BCUT2D eigenvalue weighted by Crippen LogP contribution is 2.26. The molecule has 1 aromatic carbocycles. The average molecular weight is 277 g/mol. The molecule has 1 N–H and O–H groups in total. The van der Waals surface area contributed by atoms with E-state index >= 15 is 0 Å². The van der Waals surface area contributed by atoms with Crippen molar-refractivity contribution in [1.82, 2.24) is 0 Å². The second-order valence-electron chi connectivity index (χ2n) is 3.28. The van der Waals surface area contributed by atoms with Crippen LogP contribution < -0.4 is 5.32 Å². The molecule has 0 amide bonds. The summed E-state index contributed by atoms with van der Waals surface area (Å²) in [6.07, 6.45) is 2.22. The standard InChI is InChI=1S/C11H15BrClN/c1-3-9(4-2)14-11-7-8(12)5-6-10(11)13/h5-7,9,14H,3-4H2,1-2H3. The molecule has 1 aromatic rings. The fourth-order valence-electron chi connectivity index (χ4n) is 1.32. The van der Waals surface area contributed by atoms with Crippen molar-refractivity contribution in [2.45, 2.75) is 32.7 Å². The fraction of sp³-hybridized carbons (Fsp3) is 0.455. The van der Waals surface area contributed by atoms with E-state index in [9.17, 15) is 0 Å². The molecule has 0 aliphatic carbocycles. The fourth-order valence-corrected chi connectivity index (χ4v) is 1.85. The molecule has 0 aliphatic heterocycles. The highest BCUT2D eigenvalue weighted by molar-refractivity contribution is 9.10. The van der Waals surface area contributed by atoms with E-state index in [0.29, 0.717) is 6.04 Å². The Hall–Kier alpha value is -0.210. The Labute approximate surface area is 99.0 Å². The van der Waals surface area contributed by atoms with Gasteiger partial charge in [0.2, 0.25) is 0 Å². The minimum atomic E-state index is 0.502. The molecular weight excluding hydrogens is 261 g/mol. The smallest absolute Gasteiger partial charge is 0.0638 e. The lowest BCUT2D eigenvalue weighted by molar-refractivity contribution is 0.672. The van der Waals surface area contributed by atoms with Crippen LogP contribution in [0.15, 0.2) is 22.7 Å². The van der Waals surface area contributed by atoms with Crippen LogP contribution in [0.4, 0.5) is 5.69 Å². The molecule has 0 fully saturated rings. The van der Waals surface area contributed by atoms with E-state index in [1.54, 1.807) is 0 Å². The summed E-state index contributed by atoms with van der Waals surface area (Å²) < 4.78 is 1.05. The van der Waals surface area contributed by atoms with Gasteiger partial charge in [-0.05, 0) is 31.0 Å². The zero-order chi connectivity index (χ0) is 10.6. The number of halogens is 2. The summed E-state index contributed by atoms with van der Waals surface area (Å²) >= 11 is 9.50. The summed E-state index contributed by atoms with van der Waals surface area (Å²) in [6.45, 7) is 4.35. The van der Waals surface area contributed by atoms with Gasteiger partial charge >= 0.3 is 0 Å². The maximum atomic E-state index is 6.07. The van der Waals surface area contributed by atoms with Gasteiger partial charge in [0.1, 0.15) is 0 Å². The third-order valence-corrected chi connectivity index (χ3v) is 3.10. The van der Waals surface area contributed by atoms with E-state index < -0.39 is 0 Å². The topological polar surface area (TPSA) is 12.0 Å². The summed E-state index contributed by atoms with van der Waals surface area (Å²) in [5, 5.41) is 4.20. The molecule has 0 aliphatic rings. The molecule has 0 bridgehead atoms. The van der Waals surface area contributed by atoms with Crippen LogP contribution in [0.5, 0.6) is 0 Å². The predicted octanol–water partition coefficient (Wildman–Crippen LogP) is 4.70. The first-order valence-electron chi connectivity index (χ1n) is 4.89. The van der Waals surface area contributed by atoms with Crippen LogP contribution in [0.2, 0.25) is 5.02 Å². The average Bonchev–Trinajstić information content (AvgIpc) is 2.19. The van der Waals surface area contributed by atoms with Crippen LogP contribution in [-0.2, 0) is 0 Å². The first kappa shape index (κ1) is 11.9. The van der Waals surface area contributed by atoms with E-state index in [4.69, 9.17) is 11.6 Å². The van der Waals surface area contributed by atoms with Crippen molar-refractivity contribution in [1.29, 1.82) is 0 Å². The van der Waals surface area contributed by atoms with Crippen molar-refractivity contribution in [2.75, 3.05) is 5.32 Å². The van der Waals surface area contributed by atoms with Gasteiger partial charge in [0.25, 0.3) is 0 Å². The minimum absolute atomic E-state index is 0.502. The Bertz CT molecular complexity index is 297. The Morgan fingerprint density at radius 3 is 2.57 bits per heavy atom. The van der Waals surface area contributed by atoms with Gasteiger partial charge in [-0.1, -0.05) is 41.4 Å². The maximum Gasteiger partial charge on any atom is 0.0638 e. The third kappa shape index (κ3) is 3.18. The van der Waals surface area contributed by atoms with Crippen molar-refractivity contribution in [3.63, 3.8) is 0 Å². The van der Waals surface area contributed by atoms with Crippen molar-refractivity contribution in [3.05, 3.63) is 27.7 Å². The van der Waals surface area contributed by atoms with E-state index in [-0.39, 0.29) is 0 Å². The third-order valence-electron chi connectivity index (χ3n) is 2.27. The zero-order valence-electron chi connectivity index (χ0n) is 8.48. The minimum Gasteiger partial charge on any atom is -0.381 e. The molecule has 0 radical (unpaired) electrons. The molecule has 0 saturated heterocycles. The van der Waals surface area contributed by atoms with Gasteiger partial charge in [0.05, 0.1) is 10.7 Å². The molecule has 0 unspecified atom stereocenters. The molecule has 1 rings (SSSR count). The quantitative estimate of drug-likeness (QED) is 0.840. The van der Waals surface area contributed by atoms with Crippen LogP contribution >= 0.6 is 27.5 Å². The summed E-state index contributed by atoms with van der Waals surface area (Å²) in [5.74, 6) is 0. The van der Waals surface area contributed by atoms with E-state index in [0.717, 1.165) is 28.0 Å². The Kier molecular flexibility index (Phi) is 4.76.